The van der Waals surface area contributed by atoms with Gasteiger partial charge < -0.3 is 5.73 Å². The Morgan fingerprint density at radius 3 is 2.77 bits per heavy atom. The first-order valence-corrected chi connectivity index (χ1v) is 5.22. The van der Waals surface area contributed by atoms with Crippen molar-refractivity contribution in [2.75, 3.05) is 11.1 Å². The van der Waals surface area contributed by atoms with Crippen molar-refractivity contribution in [1.82, 2.24) is 0 Å². The molecule has 0 spiro atoms. The molecule has 0 aliphatic rings. The van der Waals surface area contributed by atoms with Crippen LogP contribution in [0.15, 0.2) is 18.2 Å². The molecule has 1 aromatic carbocycles. The van der Waals surface area contributed by atoms with Gasteiger partial charge in [-0.05, 0) is 30.7 Å². The van der Waals surface area contributed by atoms with Gasteiger partial charge in [0.25, 0.3) is 0 Å². The van der Waals surface area contributed by atoms with E-state index in [4.69, 9.17) is 5.73 Å². The number of carbonyl (C=O) groups is 1. The number of nitrogens with two attached hydrogens (primary N) is 1. The molecule has 0 aliphatic carbocycles. The van der Waals surface area contributed by atoms with Crippen molar-refractivity contribution in [1.29, 1.82) is 0 Å². The van der Waals surface area contributed by atoms with E-state index in [0.29, 0.717) is 11.8 Å². The van der Waals surface area contributed by atoms with Crippen LogP contribution in [0.4, 0.5) is 5.69 Å². The maximum Gasteiger partial charge on any atom is 0.163 e. The van der Waals surface area contributed by atoms with E-state index in [1.54, 1.807) is 12.1 Å². The highest BCUT2D eigenvalue weighted by atomic mass is 79.9. The Hall–Kier alpha value is -0.830. The molecule has 0 aromatic heterocycles. The van der Waals surface area contributed by atoms with Gasteiger partial charge >= 0.3 is 0 Å². The first kappa shape index (κ1) is 10.3. The highest BCUT2D eigenvalue weighted by molar-refractivity contribution is 9.09. The number of rotatable bonds is 3. The van der Waals surface area contributed by atoms with Crippen LogP contribution >= 0.6 is 15.9 Å². The summed E-state index contributed by atoms with van der Waals surface area (Å²) in [4.78, 5) is 11.4. The van der Waals surface area contributed by atoms with E-state index < -0.39 is 0 Å². The van der Waals surface area contributed by atoms with Crippen molar-refractivity contribution in [2.45, 2.75) is 13.3 Å². The number of nitrogen functional groups attached to an aromatic ring is 1. The second-order valence-corrected chi connectivity index (χ2v) is 3.73. The molecule has 0 heterocycles. The van der Waals surface area contributed by atoms with Gasteiger partial charge in [-0.2, -0.15) is 0 Å². The van der Waals surface area contributed by atoms with Gasteiger partial charge in [0, 0.05) is 23.0 Å². The molecular weight excluding hydrogens is 230 g/mol. The van der Waals surface area contributed by atoms with Gasteiger partial charge in [0.2, 0.25) is 0 Å². The Morgan fingerprint density at radius 2 is 2.23 bits per heavy atom. The summed E-state index contributed by atoms with van der Waals surface area (Å²) in [6, 6.07) is 5.38. The number of ketones is 1. The van der Waals surface area contributed by atoms with Crippen molar-refractivity contribution in [3.05, 3.63) is 29.3 Å². The van der Waals surface area contributed by atoms with Crippen LogP contribution in [-0.2, 0) is 0 Å². The lowest BCUT2D eigenvalue weighted by atomic mass is 10.1. The molecule has 0 radical (unpaired) electrons. The summed E-state index contributed by atoms with van der Waals surface area (Å²) in [5.41, 5.74) is 8.07. The number of hydrogen-bond donors (Lipinski definition) is 1. The van der Waals surface area contributed by atoms with E-state index in [1.807, 2.05) is 13.0 Å². The number of carbonyl (C=O) groups excluding carboxylic acids is 1. The van der Waals surface area contributed by atoms with E-state index in [2.05, 4.69) is 15.9 Å². The van der Waals surface area contributed by atoms with Crippen molar-refractivity contribution in [2.24, 2.45) is 0 Å². The monoisotopic (exact) mass is 241 g/mol. The summed E-state index contributed by atoms with van der Waals surface area (Å²) < 4.78 is 0. The summed E-state index contributed by atoms with van der Waals surface area (Å²) in [5.74, 6) is 0.153. The fraction of sp³-hybridized carbons (Fsp3) is 0.300. The quantitative estimate of drug-likeness (QED) is 0.502. The molecule has 0 unspecified atom stereocenters. The SMILES string of the molecule is Cc1cc(C(=O)CCBr)ccc1N. The summed E-state index contributed by atoms with van der Waals surface area (Å²) in [7, 11) is 0. The van der Waals surface area contributed by atoms with Gasteiger partial charge in [-0.25, -0.2) is 0 Å². The summed E-state index contributed by atoms with van der Waals surface area (Å²) in [6.07, 6.45) is 0.531. The predicted octanol–water partition coefficient (Wildman–Crippen LogP) is 2.54. The average Bonchev–Trinajstić information content (AvgIpc) is 2.10. The third kappa shape index (κ3) is 2.56. The zero-order valence-electron chi connectivity index (χ0n) is 7.51. The number of anilines is 1. The van der Waals surface area contributed by atoms with Gasteiger partial charge in [-0.15, -0.1) is 0 Å². The van der Waals surface area contributed by atoms with E-state index in [1.165, 1.54) is 0 Å². The Morgan fingerprint density at radius 1 is 1.54 bits per heavy atom. The minimum absolute atomic E-state index is 0.153. The minimum atomic E-state index is 0.153. The lowest BCUT2D eigenvalue weighted by Gasteiger charge is -2.02. The van der Waals surface area contributed by atoms with E-state index in [-0.39, 0.29) is 5.78 Å². The van der Waals surface area contributed by atoms with Crippen LogP contribution in [0, 0.1) is 6.92 Å². The third-order valence-electron chi connectivity index (χ3n) is 1.91. The van der Waals surface area contributed by atoms with E-state index in [0.717, 1.165) is 16.8 Å². The highest BCUT2D eigenvalue weighted by Crippen LogP contribution is 2.14. The van der Waals surface area contributed by atoms with Gasteiger partial charge in [-0.1, -0.05) is 15.9 Å². The summed E-state index contributed by atoms with van der Waals surface area (Å²) >= 11 is 3.23. The van der Waals surface area contributed by atoms with E-state index in [9.17, 15) is 4.79 Å². The fourth-order valence-corrected chi connectivity index (χ4v) is 1.44. The Labute approximate surface area is 86.3 Å². The highest BCUT2D eigenvalue weighted by Gasteiger charge is 2.05. The molecule has 1 aromatic rings. The Balaban J connectivity index is 2.90. The van der Waals surface area contributed by atoms with Crippen LogP contribution in [0.5, 0.6) is 0 Å². The zero-order valence-corrected chi connectivity index (χ0v) is 9.10. The largest absolute Gasteiger partial charge is 0.399 e. The molecule has 0 amide bonds. The lowest BCUT2D eigenvalue weighted by Crippen LogP contribution is -2.01. The molecule has 2 N–H and O–H groups in total. The Kier molecular flexibility index (Phi) is 3.48. The Bertz CT molecular complexity index is 323. The number of Topliss-reactive ketones (excluding diaryl/α,β-unsaturated/α-hetero) is 1. The van der Waals surface area contributed by atoms with Crippen LogP contribution in [0.3, 0.4) is 0 Å². The number of alkyl halides is 1. The van der Waals surface area contributed by atoms with Gasteiger partial charge in [0.05, 0.1) is 0 Å². The molecule has 13 heavy (non-hydrogen) atoms. The zero-order chi connectivity index (χ0) is 9.84. The molecule has 2 nitrogen and oxygen atoms in total. The predicted molar refractivity (Wildman–Crippen MR) is 58.3 cm³/mol. The van der Waals surface area contributed by atoms with Crippen molar-refractivity contribution < 1.29 is 4.79 Å². The average molecular weight is 242 g/mol. The first-order valence-electron chi connectivity index (χ1n) is 4.10. The molecule has 0 aliphatic heterocycles. The van der Waals surface area contributed by atoms with Gasteiger partial charge in [-0.3, -0.25) is 4.79 Å². The minimum Gasteiger partial charge on any atom is -0.399 e. The van der Waals surface area contributed by atoms with Crippen LogP contribution in [0.1, 0.15) is 22.3 Å². The normalized spacial score (nSPS) is 10.0. The molecule has 0 bridgehead atoms. The standard InChI is InChI=1S/C10H12BrNO/c1-7-6-8(2-3-9(7)12)10(13)4-5-11/h2-3,6H,4-5,12H2,1H3. The second kappa shape index (κ2) is 4.42. The number of aryl methyl sites for hydroxylation is 1. The van der Waals surface area contributed by atoms with Crippen LogP contribution in [0.2, 0.25) is 0 Å². The number of hydrogen-bond acceptors (Lipinski definition) is 2. The van der Waals surface area contributed by atoms with Crippen LogP contribution in [-0.4, -0.2) is 11.1 Å². The van der Waals surface area contributed by atoms with E-state index >= 15 is 0 Å². The molecule has 0 saturated heterocycles. The topological polar surface area (TPSA) is 43.1 Å². The molecule has 3 heteroatoms. The summed E-state index contributed by atoms with van der Waals surface area (Å²) in [5, 5.41) is 0.704. The molecule has 0 saturated carbocycles. The van der Waals surface area contributed by atoms with Crippen molar-refractivity contribution >= 4 is 27.4 Å². The molecular formula is C10H12BrNO. The maximum atomic E-state index is 11.4. The maximum absolute atomic E-state index is 11.4. The molecule has 0 atom stereocenters. The molecule has 0 fully saturated rings. The van der Waals surface area contributed by atoms with Crippen LogP contribution < -0.4 is 5.73 Å². The fourth-order valence-electron chi connectivity index (χ4n) is 1.08. The summed E-state index contributed by atoms with van der Waals surface area (Å²) in [6.45, 7) is 1.90. The first-order chi connectivity index (χ1) is 6.15. The van der Waals surface area contributed by atoms with Crippen molar-refractivity contribution in [3.63, 3.8) is 0 Å². The van der Waals surface area contributed by atoms with Crippen molar-refractivity contribution in [3.8, 4) is 0 Å². The molecule has 1 rings (SSSR count). The second-order valence-electron chi connectivity index (χ2n) is 2.93. The van der Waals surface area contributed by atoms with Gasteiger partial charge in [0.1, 0.15) is 0 Å². The third-order valence-corrected chi connectivity index (χ3v) is 2.31. The van der Waals surface area contributed by atoms with Crippen LogP contribution in [0.25, 0.3) is 0 Å². The van der Waals surface area contributed by atoms with Gasteiger partial charge in [0.15, 0.2) is 5.78 Å². The molecule has 70 valence electrons. The smallest absolute Gasteiger partial charge is 0.163 e. The number of halogens is 1. The lowest BCUT2D eigenvalue weighted by molar-refractivity contribution is 0.0990. The number of benzene rings is 1.